The van der Waals surface area contributed by atoms with Crippen LogP contribution in [0.3, 0.4) is 0 Å². The van der Waals surface area contributed by atoms with Gasteiger partial charge >= 0.3 is 0 Å². The third-order valence-corrected chi connectivity index (χ3v) is 2.90. The van der Waals surface area contributed by atoms with E-state index in [9.17, 15) is 9.59 Å². The zero-order valence-corrected chi connectivity index (χ0v) is 12.4. The van der Waals surface area contributed by atoms with Crippen molar-refractivity contribution in [1.29, 1.82) is 0 Å². The number of hydrogen-bond donors (Lipinski definition) is 2. The average molecular weight is 278 g/mol. The molecule has 1 saturated heterocycles. The first kappa shape index (κ1) is 17.2. The summed E-state index contributed by atoms with van der Waals surface area (Å²) in [6.07, 6.45) is 0. The number of carbonyl (C=O) groups excluding carboxylic acids is 2. The van der Waals surface area contributed by atoms with Crippen molar-refractivity contribution >= 4 is 24.2 Å². The fraction of sp³-hybridized carbons (Fsp3) is 0.833. The molecule has 1 heterocycles. The van der Waals surface area contributed by atoms with Crippen LogP contribution in [-0.4, -0.2) is 48.9 Å². The van der Waals surface area contributed by atoms with E-state index < -0.39 is 5.41 Å². The third kappa shape index (κ3) is 4.82. The molecule has 0 aromatic heterocycles. The molecule has 1 aliphatic rings. The Hall–Kier alpha value is -0.810. The van der Waals surface area contributed by atoms with Gasteiger partial charge in [0.15, 0.2) is 0 Å². The smallest absolute Gasteiger partial charge is 0.242 e. The second-order valence-electron chi connectivity index (χ2n) is 5.57. The Morgan fingerprint density at radius 2 is 2.00 bits per heavy atom. The molecule has 0 aromatic rings. The zero-order chi connectivity index (χ0) is 13.1. The number of rotatable bonds is 2. The normalized spacial score (nSPS) is 20.0. The molecule has 0 aliphatic carbocycles. The SMILES string of the molecule is CC1CNCCN1C(=O)CNC(=O)C(C)(C)C.Cl. The number of hydrogen-bond acceptors (Lipinski definition) is 3. The van der Waals surface area contributed by atoms with Crippen LogP contribution in [0.2, 0.25) is 0 Å². The Kier molecular flexibility index (Phi) is 6.63. The summed E-state index contributed by atoms with van der Waals surface area (Å²) in [5, 5.41) is 5.92. The molecule has 1 aliphatic heterocycles. The molecule has 1 rings (SSSR count). The van der Waals surface area contributed by atoms with Crippen molar-refractivity contribution in [2.75, 3.05) is 26.2 Å². The van der Waals surface area contributed by atoms with E-state index >= 15 is 0 Å². The highest BCUT2D eigenvalue weighted by molar-refractivity contribution is 5.87. The minimum absolute atomic E-state index is 0. The summed E-state index contributed by atoms with van der Waals surface area (Å²) in [7, 11) is 0. The minimum Gasteiger partial charge on any atom is -0.347 e. The molecule has 1 unspecified atom stereocenters. The van der Waals surface area contributed by atoms with Crippen molar-refractivity contribution < 1.29 is 9.59 Å². The standard InChI is InChI=1S/C12H23N3O2.ClH/c1-9-7-13-5-6-15(9)10(16)8-14-11(17)12(2,3)4;/h9,13H,5-8H2,1-4H3,(H,14,17);1H. The third-order valence-electron chi connectivity index (χ3n) is 2.90. The molecule has 18 heavy (non-hydrogen) atoms. The molecule has 2 N–H and O–H groups in total. The van der Waals surface area contributed by atoms with Crippen molar-refractivity contribution in [1.82, 2.24) is 15.5 Å². The van der Waals surface area contributed by atoms with Gasteiger partial charge in [-0.15, -0.1) is 12.4 Å². The van der Waals surface area contributed by atoms with Crippen molar-refractivity contribution in [2.45, 2.75) is 33.7 Å². The van der Waals surface area contributed by atoms with Crippen molar-refractivity contribution in [3.05, 3.63) is 0 Å². The molecular formula is C12H24ClN3O2. The summed E-state index contributed by atoms with van der Waals surface area (Å²) < 4.78 is 0. The Bertz CT molecular complexity index is 302. The van der Waals surface area contributed by atoms with Crippen LogP contribution in [0, 0.1) is 5.41 Å². The summed E-state index contributed by atoms with van der Waals surface area (Å²) in [6.45, 7) is 9.96. The number of nitrogens with zero attached hydrogens (tertiary/aromatic N) is 1. The Balaban J connectivity index is 0.00000289. The van der Waals surface area contributed by atoms with Crippen LogP contribution in [-0.2, 0) is 9.59 Å². The summed E-state index contributed by atoms with van der Waals surface area (Å²) in [5.41, 5.74) is -0.449. The molecule has 1 fully saturated rings. The predicted molar refractivity (Wildman–Crippen MR) is 73.8 cm³/mol. The van der Waals surface area contributed by atoms with Crippen LogP contribution in [0.1, 0.15) is 27.7 Å². The van der Waals surface area contributed by atoms with E-state index in [4.69, 9.17) is 0 Å². The second-order valence-corrected chi connectivity index (χ2v) is 5.57. The van der Waals surface area contributed by atoms with Gasteiger partial charge in [0.05, 0.1) is 6.54 Å². The van der Waals surface area contributed by atoms with E-state index in [0.29, 0.717) is 6.54 Å². The van der Waals surface area contributed by atoms with Gasteiger partial charge in [-0.25, -0.2) is 0 Å². The van der Waals surface area contributed by atoms with Gasteiger partial charge in [-0.2, -0.15) is 0 Å². The average Bonchev–Trinajstić information content (AvgIpc) is 2.24. The van der Waals surface area contributed by atoms with Crippen LogP contribution < -0.4 is 10.6 Å². The molecule has 106 valence electrons. The summed E-state index contributed by atoms with van der Waals surface area (Å²) in [6, 6.07) is 0.197. The lowest BCUT2D eigenvalue weighted by Crippen LogP contribution is -2.55. The van der Waals surface area contributed by atoms with E-state index in [1.54, 1.807) is 0 Å². The molecule has 5 nitrogen and oxygen atoms in total. The highest BCUT2D eigenvalue weighted by atomic mass is 35.5. The zero-order valence-electron chi connectivity index (χ0n) is 11.6. The highest BCUT2D eigenvalue weighted by Gasteiger charge is 2.25. The molecule has 0 aromatic carbocycles. The Labute approximate surface area is 115 Å². The lowest BCUT2D eigenvalue weighted by Gasteiger charge is -2.34. The van der Waals surface area contributed by atoms with E-state index in [1.807, 2.05) is 32.6 Å². The van der Waals surface area contributed by atoms with Crippen LogP contribution in [0.25, 0.3) is 0 Å². The van der Waals surface area contributed by atoms with Gasteiger partial charge in [0, 0.05) is 31.1 Å². The highest BCUT2D eigenvalue weighted by Crippen LogP contribution is 2.12. The maximum atomic E-state index is 11.9. The molecule has 1 atom stereocenters. The predicted octanol–water partition coefficient (Wildman–Crippen LogP) is 0.391. The second kappa shape index (κ2) is 6.95. The van der Waals surface area contributed by atoms with Crippen LogP contribution >= 0.6 is 12.4 Å². The summed E-state index contributed by atoms with van der Waals surface area (Å²) in [4.78, 5) is 25.4. The van der Waals surface area contributed by atoms with Crippen molar-refractivity contribution in [3.63, 3.8) is 0 Å². The van der Waals surface area contributed by atoms with E-state index in [0.717, 1.165) is 13.1 Å². The fourth-order valence-electron chi connectivity index (χ4n) is 1.73. The van der Waals surface area contributed by atoms with Crippen LogP contribution in [0.5, 0.6) is 0 Å². The largest absolute Gasteiger partial charge is 0.347 e. The first-order valence-electron chi connectivity index (χ1n) is 6.11. The lowest BCUT2D eigenvalue weighted by atomic mass is 9.96. The van der Waals surface area contributed by atoms with Crippen LogP contribution in [0.4, 0.5) is 0 Å². The topological polar surface area (TPSA) is 61.4 Å². The molecule has 0 bridgehead atoms. The number of nitrogens with one attached hydrogen (secondary N) is 2. The van der Waals surface area contributed by atoms with E-state index in [-0.39, 0.29) is 36.8 Å². The quantitative estimate of drug-likeness (QED) is 0.768. The van der Waals surface area contributed by atoms with Gasteiger partial charge in [-0.1, -0.05) is 20.8 Å². The number of halogens is 1. The summed E-state index contributed by atoms with van der Waals surface area (Å²) >= 11 is 0. The first-order chi connectivity index (χ1) is 7.82. The van der Waals surface area contributed by atoms with Gasteiger partial charge in [-0.3, -0.25) is 9.59 Å². The summed E-state index contributed by atoms with van der Waals surface area (Å²) in [5.74, 6) is -0.0924. The van der Waals surface area contributed by atoms with Crippen LogP contribution in [0.15, 0.2) is 0 Å². The molecule has 0 saturated carbocycles. The maximum absolute atomic E-state index is 11.9. The Morgan fingerprint density at radius 1 is 1.39 bits per heavy atom. The number of carbonyl (C=O) groups is 2. The molecule has 6 heteroatoms. The molecule has 0 radical (unpaired) electrons. The first-order valence-corrected chi connectivity index (χ1v) is 6.11. The molecule has 2 amide bonds. The molecular weight excluding hydrogens is 254 g/mol. The Morgan fingerprint density at radius 3 is 2.50 bits per heavy atom. The van der Waals surface area contributed by atoms with Gasteiger partial charge in [0.1, 0.15) is 0 Å². The van der Waals surface area contributed by atoms with Gasteiger partial charge in [0.2, 0.25) is 11.8 Å². The van der Waals surface area contributed by atoms with E-state index in [2.05, 4.69) is 10.6 Å². The van der Waals surface area contributed by atoms with E-state index in [1.165, 1.54) is 0 Å². The maximum Gasteiger partial charge on any atom is 0.242 e. The van der Waals surface area contributed by atoms with Gasteiger partial charge in [-0.05, 0) is 6.92 Å². The molecule has 0 spiro atoms. The van der Waals surface area contributed by atoms with Gasteiger partial charge < -0.3 is 15.5 Å². The monoisotopic (exact) mass is 277 g/mol. The number of piperazine rings is 1. The van der Waals surface area contributed by atoms with Gasteiger partial charge in [0.25, 0.3) is 0 Å². The number of amides is 2. The van der Waals surface area contributed by atoms with Crippen molar-refractivity contribution in [2.24, 2.45) is 5.41 Å². The van der Waals surface area contributed by atoms with Crippen molar-refractivity contribution in [3.8, 4) is 0 Å². The minimum atomic E-state index is -0.449. The lowest BCUT2D eigenvalue weighted by molar-refractivity contribution is -0.137. The fourth-order valence-corrected chi connectivity index (χ4v) is 1.73.